The van der Waals surface area contributed by atoms with Crippen molar-refractivity contribution in [2.75, 3.05) is 29.1 Å². The minimum absolute atomic E-state index is 0.194. The standard InChI is InChI=1S/C23H29N7OS/c1-14(2)28-19-9-22(29-16-4-5-18-21(8-16)32-13-27-18)25-10-17(19)20-11-26-23(30-20)24-7-6-15(3)12-31/h4-5,8-11,13-15,31H,6-7,12H2,1-3H3,(H2,24,26,30)(H2,25,28,29). The number of anilines is 4. The first kappa shape index (κ1) is 22.0. The number of pyridine rings is 1. The Kier molecular flexibility index (Phi) is 6.87. The summed E-state index contributed by atoms with van der Waals surface area (Å²) < 4.78 is 1.14. The molecule has 3 aromatic heterocycles. The molecule has 0 saturated heterocycles. The highest BCUT2D eigenvalue weighted by Crippen LogP contribution is 2.31. The largest absolute Gasteiger partial charge is 0.396 e. The summed E-state index contributed by atoms with van der Waals surface area (Å²) in [5.74, 6) is 1.73. The summed E-state index contributed by atoms with van der Waals surface area (Å²) in [6.45, 7) is 7.18. The van der Waals surface area contributed by atoms with Crippen molar-refractivity contribution in [2.24, 2.45) is 5.92 Å². The molecule has 5 N–H and O–H groups in total. The maximum absolute atomic E-state index is 9.17. The molecular formula is C23H29N7OS. The van der Waals surface area contributed by atoms with Gasteiger partial charge in [0.2, 0.25) is 5.95 Å². The molecule has 0 radical (unpaired) electrons. The van der Waals surface area contributed by atoms with Crippen LogP contribution in [0.1, 0.15) is 27.2 Å². The SMILES string of the molecule is CC(CO)CCNc1ncc(-c2cnc(Nc3ccc4ncsc4c3)cc2NC(C)C)[nH]1. The molecule has 0 saturated carbocycles. The van der Waals surface area contributed by atoms with E-state index in [1.54, 1.807) is 11.3 Å². The van der Waals surface area contributed by atoms with Crippen molar-refractivity contribution < 1.29 is 5.11 Å². The molecule has 8 nitrogen and oxygen atoms in total. The van der Waals surface area contributed by atoms with Crippen LogP contribution in [-0.4, -0.2) is 44.2 Å². The van der Waals surface area contributed by atoms with Crippen molar-refractivity contribution in [1.82, 2.24) is 19.9 Å². The number of nitrogens with one attached hydrogen (secondary N) is 4. The Balaban J connectivity index is 1.53. The number of hydrogen-bond acceptors (Lipinski definition) is 8. The lowest BCUT2D eigenvalue weighted by Crippen LogP contribution is -2.11. The number of imidazole rings is 1. The van der Waals surface area contributed by atoms with E-state index in [1.807, 2.05) is 43.0 Å². The van der Waals surface area contributed by atoms with Gasteiger partial charge in [0.25, 0.3) is 0 Å². The van der Waals surface area contributed by atoms with E-state index in [0.29, 0.717) is 5.95 Å². The zero-order valence-corrected chi connectivity index (χ0v) is 19.3. The number of hydrogen-bond donors (Lipinski definition) is 5. The quantitative estimate of drug-likeness (QED) is 0.229. The fourth-order valence-corrected chi connectivity index (χ4v) is 4.04. The van der Waals surface area contributed by atoms with Crippen LogP contribution in [0.25, 0.3) is 21.5 Å². The predicted molar refractivity (Wildman–Crippen MR) is 133 cm³/mol. The van der Waals surface area contributed by atoms with Crippen molar-refractivity contribution in [3.05, 3.63) is 42.2 Å². The summed E-state index contributed by atoms with van der Waals surface area (Å²) in [5.41, 5.74) is 6.64. The fourth-order valence-electron chi connectivity index (χ4n) is 3.33. The molecule has 4 rings (SSSR count). The highest BCUT2D eigenvalue weighted by atomic mass is 32.1. The first-order valence-corrected chi connectivity index (χ1v) is 11.7. The van der Waals surface area contributed by atoms with Gasteiger partial charge in [-0.2, -0.15) is 0 Å². The van der Waals surface area contributed by atoms with Crippen molar-refractivity contribution in [3.63, 3.8) is 0 Å². The van der Waals surface area contributed by atoms with Gasteiger partial charge in [-0.1, -0.05) is 6.92 Å². The second-order valence-electron chi connectivity index (χ2n) is 8.22. The molecule has 168 valence electrons. The molecule has 0 bridgehead atoms. The maximum Gasteiger partial charge on any atom is 0.200 e. The Morgan fingerprint density at radius 3 is 2.78 bits per heavy atom. The highest BCUT2D eigenvalue weighted by Gasteiger charge is 2.12. The molecule has 0 fully saturated rings. The molecular weight excluding hydrogens is 422 g/mol. The zero-order valence-electron chi connectivity index (χ0n) is 18.5. The first-order chi connectivity index (χ1) is 15.5. The smallest absolute Gasteiger partial charge is 0.200 e. The zero-order chi connectivity index (χ0) is 22.5. The molecule has 0 aliphatic heterocycles. The maximum atomic E-state index is 9.17. The van der Waals surface area contributed by atoms with Crippen LogP contribution in [0.2, 0.25) is 0 Å². The molecule has 9 heteroatoms. The number of rotatable bonds is 10. The molecule has 1 aromatic carbocycles. The molecule has 4 aromatic rings. The van der Waals surface area contributed by atoms with E-state index >= 15 is 0 Å². The van der Waals surface area contributed by atoms with Crippen molar-refractivity contribution in [2.45, 2.75) is 33.2 Å². The lowest BCUT2D eigenvalue weighted by Gasteiger charge is -2.16. The van der Waals surface area contributed by atoms with Crippen LogP contribution in [0.5, 0.6) is 0 Å². The van der Waals surface area contributed by atoms with Crippen molar-refractivity contribution in [3.8, 4) is 11.3 Å². The van der Waals surface area contributed by atoms with Crippen molar-refractivity contribution >= 4 is 44.7 Å². The summed E-state index contributed by atoms with van der Waals surface area (Å²) in [7, 11) is 0. The van der Waals surface area contributed by atoms with Gasteiger partial charge in [0, 0.05) is 48.4 Å². The van der Waals surface area contributed by atoms with E-state index in [4.69, 9.17) is 5.11 Å². The molecule has 0 amide bonds. The van der Waals surface area contributed by atoms with Gasteiger partial charge < -0.3 is 26.0 Å². The summed E-state index contributed by atoms with van der Waals surface area (Å²) in [4.78, 5) is 16.7. The lowest BCUT2D eigenvalue weighted by atomic mass is 10.1. The Morgan fingerprint density at radius 2 is 1.97 bits per heavy atom. The van der Waals surface area contributed by atoms with Gasteiger partial charge in [0.15, 0.2) is 0 Å². The number of thiazole rings is 1. The summed E-state index contributed by atoms with van der Waals surface area (Å²) in [6.07, 6.45) is 4.54. The summed E-state index contributed by atoms with van der Waals surface area (Å²) in [6, 6.07) is 8.39. The van der Waals surface area contributed by atoms with Crippen LogP contribution in [0.4, 0.5) is 23.1 Å². The number of aromatic amines is 1. The number of fused-ring (bicyclic) bond motifs is 1. The van der Waals surface area contributed by atoms with Crippen LogP contribution in [0.15, 0.2) is 42.2 Å². The third-order valence-corrected chi connectivity index (χ3v) is 5.85. The Labute approximate surface area is 191 Å². The van der Waals surface area contributed by atoms with Crippen LogP contribution >= 0.6 is 11.3 Å². The number of aromatic nitrogens is 4. The van der Waals surface area contributed by atoms with Gasteiger partial charge >= 0.3 is 0 Å². The second kappa shape index (κ2) is 9.97. The predicted octanol–water partition coefficient (Wildman–Crippen LogP) is 5.08. The number of H-pyrrole nitrogens is 1. The van der Waals surface area contributed by atoms with Gasteiger partial charge in [0.05, 0.1) is 27.6 Å². The number of benzene rings is 1. The molecule has 32 heavy (non-hydrogen) atoms. The van der Waals surface area contributed by atoms with Crippen LogP contribution in [0.3, 0.4) is 0 Å². The number of nitrogens with zero attached hydrogens (tertiary/aromatic N) is 3. The first-order valence-electron chi connectivity index (χ1n) is 10.8. The molecule has 0 spiro atoms. The average molecular weight is 452 g/mol. The van der Waals surface area contributed by atoms with E-state index in [1.165, 1.54) is 0 Å². The van der Waals surface area contributed by atoms with Crippen LogP contribution in [-0.2, 0) is 0 Å². The molecule has 0 aliphatic rings. The molecule has 1 unspecified atom stereocenters. The van der Waals surface area contributed by atoms with E-state index in [2.05, 4.69) is 55.8 Å². The third kappa shape index (κ3) is 5.35. The summed E-state index contributed by atoms with van der Waals surface area (Å²) >= 11 is 1.62. The van der Waals surface area contributed by atoms with Gasteiger partial charge in [-0.05, 0) is 44.4 Å². The lowest BCUT2D eigenvalue weighted by molar-refractivity contribution is 0.233. The van der Waals surface area contributed by atoms with Gasteiger partial charge in [-0.15, -0.1) is 11.3 Å². The Hall–Kier alpha value is -3.17. The number of aliphatic hydroxyl groups excluding tert-OH is 1. The second-order valence-corrected chi connectivity index (χ2v) is 9.11. The minimum atomic E-state index is 0.194. The summed E-state index contributed by atoms with van der Waals surface area (Å²) in [5, 5.41) is 19.4. The monoisotopic (exact) mass is 451 g/mol. The Morgan fingerprint density at radius 1 is 1.09 bits per heavy atom. The van der Waals surface area contributed by atoms with E-state index < -0.39 is 0 Å². The molecule has 3 heterocycles. The third-order valence-electron chi connectivity index (χ3n) is 5.06. The van der Waals surface area contributed by atoms with E-state index in [-0.39, 0.29) is 18.6 Å². The Bertz CT molecular complexity index is 1170. The van der Waals surface area contributed by atoms with E-state index in [9.17, 15) is 0 Å². The topological polar surface area (TPSA) is 111 Å². The van der Waals surface area contributed by atoms with Gasteiger partial charge in [-0.25, -0.2) is 15.0 Å². The van der Waals surface area contributed by atoms with Gasteiger partial charge in [-0.3, -0.25) is 0 Å². The van der Waals surface area contributed by atoms with Crippen LogP contribution in [0, 0.1) is 5.92 Å². The molecule has 1 atom stereocenters. The van der Waals surface area contributed by atoms with Crippen LogP contribution < -0.4 is 16.0 Å². The number of aliphatic hydroxyl groups is 1. The fraction of sp³-hybridized carbons (Fsp3) is 0.348. The van der Waals surface area contributed by atoms with Crippen molar-refractivity contribution in [1.29, 1.82) is 0 Å². The highest BCUT2D eigenvalue weighted by molar-refractivity contribution is 7.16. The minimum Gasteiger partial charge on any atom is -0.396 e. The van der Waals surface area contributed by atoms with E-state index in [0.717, 1.165) is 51.6 Å². The average Bonchev–Trinajstić information content (AvgIpc) is 3.42. The molecule has 0 aliphatic carbocycles. The van der Waals surface area contributed by atoms with Gasteiger partial charge in [0.1, 0.15) is 5.82 Å². The normalized spacial score (nSPS) is 12.3.